The number of hydrogen-bond acceptors (Lipinski definition) is 4. The van der Waals surface area contributed by atoms with Crippen molar-refractivity contribution in [2.75, 3.05) is 7.11 Å². The lowest BCUT2D eigenvalue weighted by atomic mass is 10.1. The Morgan fingerprint density at radius 2 is 2.16 bits per heavy atom. The average Bonchev–Trinajstić information content (AvgIpc) is 2.82. The molecule has 1 N–H and O–H groups in total. The molecule has 1 aromatic heterocycles. The number of halogens is 3. The fraction of sp³-hybridized carbons (Fsp3) is 0.0909. The van der Waals surface area contributed by atoms with Crippen LogP contribution in [0.4, 0.5) is 8.78 Å². The molecule has 1 aromatic carbocycles. The first-order chi connectivity index (χ1) is 8.95. The molecule has 2 rings (SSSR count). The van der Waals surface area contributed by atoms with Crippen LogP contribution in [0, 0.1) is 11.6 Å². The molecular formula is C11H6ClF2NO4. The van der Waals surface area contributed by atoms with E-state index in [0.29, 0.717) is 0 Å². The molecule has 0 spiro atoms. The standard InChI is InChI=1S/C11H6ClF2NO4/c1-18-10-5(13)2-4(12)9(14)8(10)7-3-6(11(16)17)15-19-7/h2-3H,1H3,(H,16,17). The molecule has 19 heavy (non-hydrogen) atoms. The number of methoxy groups -OCH3 is 1. The van der Waals surface area contributed by atoms with Gasteiger partial charge in [0.05, 0.1) is 12.1 Å². The zero-order valence-corrected chi connectivity index (χ0v) is 10.2. The van der Waals surface area contributed by atoms with Crippen LogP contribution in [-0.2, 0) is 0 Å². The number of hydrogen-bond donors (Lipinski definition) is 1. The van der Waals surface area contributed by atoms with E-state index in [0.717, 1.165) is 19.2 Å². The molecule has 0 amide bonds. The SMILES string of the molecule is COc1c(F)cc(Cl)c(F)c1-c1cc(C(=O)O)no1. The number of aromatic nitrogens is 1. The zero-order chi connectivity index (χ0) is 14.2. The molecule has 0 aliphatic rings. The van der Waals surface area contributed by atoms with Crippen LogP contribution in [0.25, 0.3) is 11.3 Å². The molecule has 0 radical (unpaired) electrons. The molecular weight excluding hydrogens is 284 g/mol. The predicted molar refractivity (Wildman–Crippen MR) is 60.4 cm³/mol. The van der Waals surface area contributed by atoms with E-state index in [9.17, 15) is 13.6 Å². The van der Waals surface area contributed by atoms with E-state index in [1.807, 2.05) is 0 Å². The summed E-state index contributed by atoms with van der Waals surface area (Å²) in [7, 11) is 1.13. The molecule has 0 unspecified atom stereocenters. The van der Waals surface area contributed by atoms with E-state index in [-0.39, 0.29) is 5.76 Å². The molecule has 0 aliphatic heterocycles. The molecule has 2 aromatic rings. The van der Waals surface area contributed by atoms with Crippen molar-refractivity contribution in [2.24, 2.45) is 0 Å². The van der Waals surface area contributed by atoms with Gasteiger partial charge in [0.2, 0.25) is 0 Å². The molecule has 1 heterocycles. The minimum atomic E-state index is -1.36. The summed E-state index contributed by atoms with van der Waals surface area (Å²) >= 11 is 5.52. The maximum Gasteiger partial charge on any atom is 0.358 e. The fourth-order valence-electron chi connectivity index (χ4n) is 1.49. The summed E-state index contributed by atoms with van der Waals surface area (Å²) < 4.78 is 36.9. The van der Waals surface area contributed by atoms with Crippen LogP contribution in [0.2, 0.25) is 5.02 Å². The third-order valence-electron chi connectivity index (χ3n) is 2.31. The lowest BCUT2D eigenvalue weighted by Gasteiger charge is -2.09. The Kier molecular flexibility index (Phi) is 3.39. The lowest BCUT2D eigenvalue weighted by molar-refractivity contribution is 0.0686. The van der Waals surface area contributed by atoms with Crippen molar-refractivity contribution < 1.29 is 27.9 Å². The van der Waals surface area contributed by atoms with Crippen molar-refractivity contribution in [3.8, 4) is 17.1 Å². The average molecular weight is 290 g/mol. The Balaban J connectivity index is 2.69. The Morgan fingerprint density at radius 3 is 2.68 bits per heavy atom. The number of benzene rings is 1. The summed E-state index contributed by atoms with van der Waals surface area (Å²) in [6.07, 6.45) is 0. The van der Waals surface area contributed by atoms with Gasteiger partial charge in [0, 0.05) is 6.07 Å². The number of carbonyl (C=O) groups is 1. The van der Waals surface area contributed by atoms with E-state index in [1.165, 1.54) is 0 Å². The second-order valence-corrected chi connectivity index (χ2v) is 3.85. The van der Waals surface area contributed by atoms with Crippen molar-refractivity contribution in [1.82, 2.24) is 5.16 Å². The highest BCUT2D eigenvalue weighted by Crippen LogP contribution is 2.38. The highest BCUT2D eigenvalue weighted by Gasteiger charge is 2.24. The molecule has 8 heteroatoms. The zero-order valence-electron chi connectivity index (χ0n) is 9.41. The summed E-state index contributed by atoms with van der Waals surface area (Å²) in [5, 5.41) is 11.4. The number of rotatable bonds is 3. The third kappa shape index (κ3) is 2.24. The highest BCUT2D eigenvalue weighted by atomic mass is 35.5. The molecule has 0 fully saturated rings. The Hall–Kier alpha value is -2.15. The van der Waals surface area contributed by atoms with Crippen molar-refractivity contribution in [2.45, 2.75) is 0 Å². The number of carboxylic acids is 1. The van der Waals surface area contributed by atoms with Gasteiger partial charge in [-0.15, -0.1) is 0 Å². The van der Waals surface area contributed by atoms with Crippen LogP contribution in [0.3, 0.4) is 0 Å². The number of ether oxygens (including phenoxy) is 1. The summed E-state index contributed by atoms with van der Waals surface area (Å²) in [6.45, 7) is 0. The van der Waals surface area contributed by atoms with Gasteiger partial charge in [0.25, 0.3) is 0 Å². The third-order valence-corrected chi connectivity index (χ3v) is 2.58. The van der Waals surface area contributed by atoms with Gasteiger partial charge in [-0.2, -0.15) is 0 Å². The van der Waals surface area contributed by atoms with Crippen LogP contribution < -0.4 is 4.74 Å². The smallest absolute Gasteiger partial charge is 0.358 e. The van der Waals surface area contributed by atoms with Gasteiger partial charge < -0.3 is 14.4 Å². The van der Waals surface area contributed by atoms with Crippen LogP contribution in [-0.4, -0.2) is 23.3 Å². The van der Waals surface area contributed by atoms with E-state index in [1.54, 1.807) is 0 Å². The lowest BCUT2D eigenvalue weighted by Crippen LogP contribution is -1.96. The minimum Gasteiger partial charge on any atom is -0.493 e. The van der Waals surface area contributed by atoms with Gasteiger partial charge in [0.15, 0.2) is 28.8 Å². The normalized spacial score (nSPS) is 10.5. The predicted octanol–water partition coefficient (Wildman–Crippen LogP) is 2.98. The summed E-state index contributed by atoms with van der Waals surface area (Å²) in [5.74, 6) is -4.01. The van der Waals surface area contributed by atoms with E-state index in [2.05, 4.69) is 9.68 Å². The maximum absolute atomic E-state index is 13.9. The highest BCUT2D eigenvalue weighted by molar-refractivity contribution is 6.31. The van der Waals surface area contributed by atoms with Crippen molar-refractivity contribution in [3.05, 3.63) is 34.5 Å². The minimum absolute atomic E-state index is 0.298. The second kappa shape index (κ2) is 4.85. The Labute approximate surface area is 110 Å². The van der Waals surface area contributed by atoms with Crippen LogP contribution >= 0.6 is 11.6 Å². The number of nitrogens with zero attached hydrogens (tertiary/aromatic N) is 1. The summed E-state index contributed by atoms with van der Waals surface area (Å²) in [4.78, 5) is 10.7. The van der Waals surface area contributed by atoms with Crippen molar-refractivity contribution in [1.29, 1.82) is 0 Å². The molecule has 0 bridgehead atoms. The molecule has 0 aliphatic carbocycles. The second-order valence-electron chi connectivity index (χ2n) is 3.44. The number of carboxylic acid groups (broad SMARTS) is 1. The van der Waals surface area contributed by atoms with Gasteiger partial charge in [-0.3, -0.25) is 0 Å². The molecule has 0 atom stereocenters. The molecule has 0 saturated heterocycles. The van der Waals surface area contributed by atoms with Gasteiger partial charge in [0.1, 0.15) is 5.56 Å². The molecule has 0 saturated carbocycles. The van der Waals surface area contributed by atoms with Gasteiger partial charge in [-0.05, 0) is 6.07 Å². The van der Waals surface area contributed by atoms with Gasteiger partial charge in [-0.1, -0.05) is 16.8 Å². The van der Waals surface area contributed by atoms with Crippen LogP contribution in [0.1, 0.15) is 10.5 Å². The van der Waals surface area contributed by atoms with Crippen LogP contribution in [0.15, 0.2) is 16.7 Å². The van der Waals surface area contributed by atoms with Crippen molar-refractivity contribution >= 4 is 17.6 Å². The monoisotopic (exact) mass is 289 g/mol. The first-order valence-corrected chi connectivity index (χ1v) is 5.25. The fourth-order valence-corrected chi connectivity index (χ4v) is 1.68. The Morgan fingerprint density at radius 1 is 1.47 bits per heavy atom. The molecule has 5 nitrogen and oxygen atoms in total. The van der Waals surface area contributed by atoms with E-state index >= 15 is 0 Å². The van der Waals surface area contributed by atoms with Gasteiger partial charge in [-0.25, -0.2) is 13.6 Å². The summed E-state index contributed by atoms with van der Waals surface area (Å²) in [5.41, 5.74) is -0.871. The van der Waals surface area contributed by atoms with E-state index < -0.39 is 39.6 Å². The summed E-state index contributed by atoms with van der Waals surface area (Å²) in [6, 6.07) is 1.69. The first kappa shape index (κ1) is 13.3. The maximum atomic E-state index is 13.9. The topological polar surface area (TPSA) is 72.6 Å². The van der Waals surface area contributed by atoms with E-state index in [4.69, 9.17) is 21.4 Å². The van der Waals surface area contributed by atoms with Gasteiger partial charge >= 0.3 is 5.97 Å². The quantitative estimate of drug-likeness (QED) is 0.879. The largest absolute Gasteiger partial charge is 0.493 e. The Bertz CT molecular complexity index is 656. The van der Waals surface area contributed by atoms with Crippen molar-refractivity contribution in [3.63, 3.8) is 0 Å². The molecule has 100 valence electrons. The number of aromatic carboxylic acids is 1. The van der Waals surface area contributed by atoms with Crippen LogP contribution in [0.5, 0.6) is 5.75 Å². The first-order valence-electron chi connectivity index (χ1n) is 4.87.